The molecule has 0 aromatic heterocycles. The van der Waals surface area contributed by atoms with Crippen LogP contribution < -0.4 is 0 Å². The molecule has 0 spiro atoms. The molecule has 4 nitrogen and oxygen atoms in total. The Balaban J connectivity index is 2.01. The summed E-state index contributed by atoms with van der Waals surface area (Å²) in [6.07, 6.45) is 4.80. The number of fused-ring (bicyclic) bond motifs is 2. The van der Waals surface area contributed by atoms with Crippen LogP contribution in [0.4, 0.5) is 0 Å². The van der Waals surface area contributed by atoms with Gasteiger partial charge in [-0.3, -0.25) is 0 Å². The topological polar surface area (TPSA) is 52.6 Å². The van der Waals surface area contributed by atoms with E-state index in [0.29, 0.717) is 24.2 Å². The summed E-state index contributed by atoms with van der Waals surface area (Å²) in [4.78, 5) is 23.2. The van der Waals surface area contributed by atoms with Crippen LogP contribution >= 0.6 is 0 Å². The van der Waals surface area contributed by atoms with Gasteiger partial charge in [0.2, 0.25) is 0 Å². The summed E-state index contributed by atoms with van der Waals surface area (Å²) >= 11 is 0. The maximum Gasteiger partial charge on any atom is 0.342 e. The molecule has 0 aromatic carbocycles. The van der Waals surface area contributed by atoms with E-state index in [-0.39, 0.29) is 12.0 Å². The Labute approximate surface area is 93.6 Å². The molecule has 16 heavy (non-hydrogen) atoms. The molecule has 1 saturated carbocycles. The van der Waals surface area contributed by atoms with Crippen molar-refractivity contribution in [3.8, 4) is 0 Å². The van der Waals surface area contributed by atoms with Crippen molar-refractivity contribution in [1.82, 2.24) is 0 Å². The first-order valence-corrected chi connectivity index (χ1v) is 5.88. The van der Waals surface area contributed by atoms with Gasteiger partial charge in [0.05, 0.1) is 23.9 Å². The van der Waals surface area contributed by atoms with E-state index >= 15 is 0 Å². The smallest absolute Gasteiger partial charge is 0.342 e. The number of hydrogen-bond acceptors (Lipinski definition) is 4. The zero-order chi connectivity index (χ0) is 11.1. The fourth-order valence-electron chi connectivity index (χ4n) is 2.98. The molecule has 0 aromatic rings. The van der Waals surface area contributed by atoms with Gasteiger partial charge in [-0.2, -0.15) is 0 Å². The Morgan fingerprint density at radius 3 is 2.75 bits per heavy atom. The van der Waals surface area contributed by atoms with Gasteiger partial charge < -0.3 is 9.47 Å². The fourth-order valence-corrected chi connectivity index (χ4v) is 2.98. The van der Waals surface area contributed by atoms with E-state index in [0.717, 1.165) is 25.7 Å². The standard InChI is InChI=1S/C12H14O4/c13-11-8-5-6-15-9-4-2-1-3-7(9)10(8)12(14)16-11/h7,9H,1-6H2. The van der Waals surface area contributed by atoms with Crippen LogP contribution in [-0.2, 0) is 19.1 Å². The molecule has 4 heteroatoms. The summed E-state index contributed by atoms with van der Waals surface area (Å²) in [5, 5.41) is 0. The molecule has 1 fully saturated rings. The monoisotopic (exact) mass is 222 g/mol. The molecule has 3 aliphatic rings. The van der Waals surface area contributed by atoms with Crippen molar-refractivity contribution in [3.05, 3.63) is 11.1 Å². The lowest BCUT2D eigenvalue weighted by molar-refractivity contribution is -0.152. The van der Waals surface area contributed by atoms with Crippen LogP contribution in [-0.4, -0.2) is 24.6 Å². The lowest BCUT2D eigenvalue weighted by Crippen LogP contribution is -2.30. The molecule has 2 heterocycles. The van der Waals surface area contributed by atoms with Crippen molar-refractivity contribution in [3.63, 3.8) is 0 Å². The van der Waals surface area contributed by atoms with E-state index < -0.39 is 11.9 Å². The Bertz CT molecular complexity index is 382. The molecule has 2 unspecified atom stereocenters. The van der Waals surface area contributed by atoms with Crippen molar-refractivity contribution in [1.29, 1.82) is 0 Å². The van der Waals surface area contributed by atoms with E-state index in [4.69, 9.17) is 9.47 Å². The molecule has 1 aliphatic carbocycles. The van der Waals surface area contributed by atoms with Crippen LogP contribution in [0, 0.1) is 5.92 Å². The second-order valence-electron chi connectivity index (χ2n) is 4.62. The first kappa shape index (κ1) is 10.0. The number of hydrogen-bond donors (Lipinski definition) is 0. The molecule has 3 rings (SSSR count). The second-order valence-corrected chi connectivity index (χ2v) is 4.62. The molecule has 86 valence electrons. The minimum atomic E-state index is -0.449. The molecule has 0 saturated heterocycles. The summed E-state index contributed by atoms with van der Waals surface area (Å²) in [7, 11) is 0. The van der Waals surface area contributed by atoms with E-state index in [1.807, 2.05) is 0 Å². The summed E-state index contributed by atoms with van der Waals surface area (Å²) < 4.78 is 10.4. The van der Waals surface area contributed by atoms with Crippen LogP contribution in [0.3, 0.4) is 0 Å². The van der Waals surface area contributed by atoms with Crippen molar-refractivity contribution in [2.24, 2.45) is 5.92 Å². The zero-order valence-corrected chi connectivity index (χ0v) is 9.03. The predicted molar refractivity (Wildman–Crippen MR) is 54.4 cm³/mol. The maximum absolute atomic E-state index is 11.7. The van der Waals surface area contributed by atoms with Crippen LogP contribution in [0.15, 0.2) is 11.1 Å². The van der Waals surface area contributed by atoms with Gasteiger partial charge >= 0.3 is 11.9 Å². The molecule has 0 amide bonds. The van der Waals surface area contributed by atoms with E-state index in [1.165, 1.54) is 0 Å². The van der Waals surface area contributed by atoms with Crippen molar-refractivity contribution in [2.75, 3.05) is 6.61 Å². The van der Waals surface area contributed by atoms with Gasteiger partial charge in [0.1, 0.15) is 0 Å². The number of ether oxygens (including phenoxy) is 2. The van der Waals surface area contributed by atoms with Gasteiger partial charge in [0.25, 0.3) is 0 Å². The molecule has 0 N–H and O–H groups in total. The number of esters is 2. The van der Waals surface area contributed by atoms with Gasteiger partial charge in [0.15, 0.2) is 0 Å². The SMILES string of the molecule is O=C1OC(=O)C2=C1CCOC1CCCCC21. The fraction of sp³-hybridized carbons (Fsp3) is 0.667. The van der Waals surface area contributed by atoms with Gasteiger partial charge in [-0.1, -0.05) is 12.8 Å². The van der Waals surface area contributed by atoms with Crippen molar-refractivity contribution in [2.45, 2.75) is 38.2 Å². The summed E-state index contributed by atoms with van der Waals surface area (Å²) in [6.45, 7) is 0.530. The number of rotatable bonds is 0. The van der Waals surface area contributed by atoms with Gasteiger partial charge in [-0.15, -0.1) is 0 Å². The predicted octanol–water partition coefficient (Wildman–Crippen LogP) is 1.35. The third-order valence-electron chi connectivity index (χ3n) is 3.73. The highest BCUT2D eigenvalue weighted by Gasteiger charge is 2.43. The Hall–Kier alpha value is -1.16. The number of carbonyl (C=O) groups is 2. The molecule has 0 radical (unpaired) electrons. The minimum Gasteiger partial charge on any atom is -0.386 e. The lowest BCUT2D eigenvalue weighted by atomic mass is 9.80. The Kier molecular flexibility index (Phi) is 2.32. The largest absolute Gasteiger partial charge is 0.386 e. The molecular formula is C12H14O4. The van der Waals surface area contributed by atoms with Crippen LogP contribution in [0.25, 0.3) is 0 Å². The van der Waals surface area contributed by atoms with E-state index in [9.17, 15) is 9.59 Å². The van der Waals surface area contributed by atoms with E-state index in [1.54, 1.807) is 0 Å². The van der Waals surface area contributed by atoms with Crippen LogP contribution in [0.5, 0.6) is 0 Å². The third kappa shape index (κ3) is 1.40. The summed E-state index contributed by atoms with van der Waals surface area (Å²) in [6, 6.07) is 0. The quantitative estimate of drug-likeness (QED) is 0.458. The minimum absolute atomic E-state index is 0.0881. The summed E-state index contributed by atoms with van der Waals surface area (Å²) in [5.41, 5.74) is 1.19. The third-order valence-corrected chi connectivity index (χ3v) is 3.73. The van der Waals surface area contributed by atoms with Crippen LogP contribution in [0.1, 0.15) is 32.1 Å². The average molecular weight is 222 g/mol. The van der Waals surface area contributed by atoms with E-state index in [2.05, 4.69) is 0 Å². The Morgan fingerprint density at radius 1 is 1.06 bits per heavy atom. The zero-order valence-electron chi connectivity index (χ0n) is 9.03. The average Bonchev–Trinajstić information content (AvgIpc) is 2.49. The normalized spacial score (nSPS) is 34.2. The van der Waals surface area contributed by atoms with Crippen molar-refractivity contribution < 1.29 is 19.1 Å². The maximum atomic E-state index is 11.7. The second kappa shape index (κ2) is 3.70. The Morgan fingerprint density at radius 2 is 1.88 bits per heavy atom. The molecular weight excluding hydrogens is 208 g/mol. The van der Waals surface area contributed by atoms with Crippen molar-refractivity contribution >= 4 is 11.9 Å². The lowest BCUT2D eigenvalue weighted by Gasteiger charge is -2.29. The first-order valence-electron chi connectivity index (χ1n) is 5.88. The highest BCUT2D eigenvalue weighted by Crippen LogP contribution is 2.39. The summed E-state index contributed by atoms with van der Waals surface area (Å²) in [5.74, 6) is -0.789. The molecule has 2 aliphatic heterocycles. The van der Waals surface area contributed by atoms with Gasteiger partial charge in [-0.25, -0.2) is 9.59 Å². The number of cyclic esters (lactones) is 2. The highest BCUT2D eigenvalue weighted by molar-refractivity contribution is 6.12. The van der Waals surface area contributed by atoms with Gasteiger partial charge in [-0.05, 0) is 12.8 Å². The molecule has 2 atom stereocenters. The number of carbonyl (C=O) groups excluding carboxylic acids is 2. The first-order chi connectivity index (χ1) is 7.77. The highest BCUT2D eigenvalue weighted by atomic mass is 16.6. The van der Waals surface area contributed by atoms with Gasteiger partial charge in [0, 0.05) is 12.3 Å². The molecule has 0 bridgehead atoms. The van der Waals surface area contributed by atoms with Crippen LogP contribution in [0.2, 0.25) is 0 Å².